The second-order valence-electron chi connectivity index (χ2n) is 6.40. The summed E-state index contributed by atoms with van der Waals surface area (Å²) in [5.41, 5.74) is 0.978. The molecule has 3 rings (SSSR count). The Bertz CT molecular complexity index is 730. The van der Waals surface area contributed by atoms with Crippen molar-refractivity contribution in [2.45, 2.75) is 13.5 Å². The Morgan fingerprint density at radius 1 is 1.21 bits per heavy atom. The minimum Gasteiger partial charge on any atom is -0.475 e. The van der Waals surface area contributed by atoms with Crippen LogP contribution in [0.15, 0.2) is 40.8 Å². The summed E-state index contributed by atoms with van der Waals surface area (Å²) in [4.78, 5) is 14.0. The molecule has 8 heteroatoms. The Morgan fingerprint density at radius 2 is 2.07 bits per heavy atom. The summed E-state index contributed by atoms with van der Waals surface area (Å²) >= 11 is 1.80. The van der Waals surface area contributed by atoms with E-state index < -0.39 is 0 Å². The highest BCUT2D eigenvalue weighted by Gasteiger charge is 2.20. The third kappa shape index (κ3) is 5.59. The van der Waals surface area contributed by atoms with Crippen LogP contribution in [-0.2, 0) is 11.3 Å². The van der Waals surface area contributed by atoms with Crippen LogP contribution in [-0.4, -0.2) is 68.9 Å². The van der Waals surface area contributed by atoms with Crippen LogP contribution in [0.25, 0.3) is 0 Å². The monoisotopic (exact) mass is 403 g/mol. The minimum atomic E-state index is 0.481. The van der Waals surface area contributed by atoms with Gasteiger partial charge >= 0.3 is 0 Å². The van der Waals surface area contributed by atoms with Gasteiger partial charge in [-0.25, -0.2) is 9.98 Å². The fourth-order valence-corrected chi connectivity index (χ4v) is 3.86. The van der Waals surface area contributed by atoms with Gasteiger partial charge in [0, 0.05) is 51.6 Å². The first-order valence-corrected chi connectivity index (χ1v) is 10.6. The molecule has 0 unspecified atom stereocenters. The van der Waals surface area contributed by atoms with E-state index in [0.717, 1.165) is 44.2 Å². The van der Waals surface area contributed by atoms with Crippen molar-refractivity contribution in [3.8, 4) is 5.88 Å². The van der Waals surface area contributed by atoms with E-state index in [1.165, 1.54) is 5.00 Å². The largest absolute Gasteiger partial charge is 0.475 e. The number of hydrogen-bond donors (Lipinski definition) is 1. The van der Waals surface area contributed by atoms with Crippen LogP contribution in [0.4, 0.5) is 5.00 Å². The van der Waals surface area contributed by atoms with E-state index in [4.69, 9.17) is 14.5 Å². The number of nitrogens with one attached hydrogen (secondary N) is 1. The van der Waals surface area contributed by atoms with Gasteiger partial charge in [0.1, 0.15) is 6.61 Å². The lowest BCUT2D eigenvalue weighted by Gasteiger charge is -2.37. The van der Waals surface area contributed by atoms with E-state index in [0.29, 0.717) is 25.6 Å². The van der Waals surface area contributed by atoms with Gasteiger partial charge in [-0.15, -0.1) is 11.3 Å². The summed E-state index contributed by atoms with van der Waals surface area (Å²) in [6.07, 6.45) is 1.74. The number of piperazine rings is 1. The number of anilines is 1. The van der Waals surface area contributed by atoms with Gasteiger partial charge in [-0.1, -0.05) is 6.07 Å². The van der Waals surface area contributed by atoms with Gasteiger partial charge in [-0.05, 0) is 30.5 Å². The Morgan fingerprint density at radius 3 is 2.79 bits per heavy atom. The van der Waals surface area contributed by atoms with Crippen molar-refractivity contribution in [1.29, 1.82) is 0 Å². The average Bonchev–Trinajstić information content (AvgIpc) is 3.27. The number of ether oxygens (including phenoxy) is 2. The van der Waals surface area contributed by atoms with Crippen molar-refractivity contribution in [2.24, 2.45) is 4.99 Å². The maximum Gasteiger partial charge on any atom is 0.218 e. The first kappa shape index (κ1) is 20.4. The van der Waals surface area contributed by atoms with E-state index in [1.54, 1.807) is 24.6 Å². The number of hydrogen-bond acceptors (Lipinski definition) is 6. The fraction of sp³-hybridized carbons (Fsp3) is 0.500. The zero-order chi connectivity index (χ0) is 19.6. The van der Waals surface area contributed by atoms with Gasteiger partial charge in [-0.2, -0.15) is 0 Å². The summed E-state index contributed by atoms with van der Waals surface area (Å²) in [5, 5.41) is 6.90. The standard InChI is InChI=1S/C20H29N5O2S/c1-3-21-20(25-11-9-24(10-12-25)18-7-5-15-28-18)23-16-17-6-4-8-22-19(17)27-14-13-26-2/h4-8,15H,3,9-14,16H2,1-2H3,(H,21,23). The molecule has 1 N–H and O–H groups in total. The lowest BCUT2D eigenvalue weighted by molar-refractivity contribution is 0.143. The van der Waals surface area contributed by atoms with Gasteiger partial charge in [0.15, 0.2) is 5.96 Å². The first-order chi connectivity index (χ1) is 13.8. The number of guanidine groups is 1. The van der Waals surface area contributed by atoms with Crippen LogP contribution in [0.1, 0.15) is 12.5 Å². The van der Waals surface area contributed by atoms with Crippen molar-refractivity contribution in [2.75, 3.05) is 57.9 Å². The quantitative estimate of drug-likeness (QED) is 0.415. The molecule has 0 radical (unpaired) electrons. The number of aromatic nitrogens is 1. The first-order valence-electron chi connectivity index (χ1n) is 9.69. The highest BCUT2D eigenvalue weighted by atomic mass is 32.1. The molecule has 1 aliphatic heterocycles. The zero-order valence-corrected chi connectivity index (χ0v) is 17.5. The Hall–Kier alpha value is -2.32. The van der Waals surface area contributed by atoms with E-state index in [1.807, 2.05) is 12.1 Å². The van der Waals surface area contributed by atoms with Gasteiger partial charge in [-0.3, -0.25) is 0 Å². The number of pyridine rings is 1. The molecule has 7 nitrogen and oxygen atoms in total. The van der Waals surface area contributed by atoms with Crippen LogP contribution in [0.2, 0.25) is 0 Å². The van der Waals surface area contributed by atoms with Crippen molar-refractivity contribution < 1.29 is 9.47 Å². The number of methoxy groups -OCH3 is 1. The minimum absolute atomic E-state index is 0.481. The molecule has 1 aliphatic rings. The van der Waals surface area contributed by atoms with Crippen molar-refractivity contribution in [3.63, 3.8) is 0 Å². The van der Waals surface area contributed by atoms with Gasteiger partial charge in [0.2, 0.25) is 5.88 Å². The molecule has 0 aliphatic carbocycles. The number of nitrogens with zero attached hydrogens (tertiary/aromatic N) is 4. The third-order valence-corrected chi connectivity index (χ3v) is 5.44. The Labute approximate surface area is 171 Å². The van der Waals surface area contributed by atoms with Crippen molar-refractivity contribution in [3.05, 3.63) is 41.4 Å². The molecule has 0 aromatic carbocycles. The van der Waals surface area contributed by atoms with E-state index >= 15 is 0 Å². The molecule has 2 aromatic rings. The molecular weight excluding hydrogens is 374 g/mol. The number of aliphatic imine (C=N–C) groups is 1. The number of thiophene rings is 1. The predicted octanol–water partition coefficient (Wildman–Crippen LogP) is 2.46. The van der Waals surface area contributed by atoms with Gasteiger partial charge < -0.3 is 24.6 Å². The highest BCUT2D eigenvalue weighted by Crippen LogP contribution is 2.22. The smallest absolute Gasteiger partial charge is 0.218 e. The summed E-state index contributed by atoms with van der Waals surface area (Å²) < 4.78 is 10.8. The summed E-state index contributed by atoms with van der Waals surface area (Å²) in [6, 6.07) is 8.23. The average molecular weight is 404 g/mol. The van der Waals surface area contributed by atoms with E-state index in [-0.39, 0.29) is 0 Å². The van der Waals surface area contributed by atoms with Crippen LogP contribution in [0, 0.1) is 0 Å². The summed E-state index contributed by atoms with van der Waals surface area (Å²) in [5.74, 6) is 1.57. The molecule has 0 bridgehead atoms. The molecule has 0 amide bonds. The van der Waals surface area contributed by atoms with Gasteiger partial charge in [0.25, 0.3) is 0 Å². The summed E-state index contributed by atoms with van der Waals surface area (Å²) in [7, 11) is 1.66. The van der Waals surface area contributed by atoms with E-state index in [9.17, 15) is 0 Å². The Balaban J connectivity index is 1.62. The van der Waals surface area contributed by atoms with E-state index in [2.05, 4.69) is 44.5 Å². The second kappa shape index (κ2) is 10.9. The second-order valence-corrected chi connectivity index (χ2v) is 7.33. The summed E-state index contributed by atoms with van der Waals surface area (Å²) in [6.45, 7) is 8.40. The topological polar surface area (TPSA) is 62.2 Å². The SMILES string of the molecule is CCNC(=NCc1cccnc1OCCOC)N1CCN(c2cccs2)CC1. The molecule has 0 spiro atoms. The maximum absolute atomic E-state index is 5.73. The molecule has 2 aromatic heterocycles. The molecule has 3 heterocycles. The Kier molecular flexibility index (Phi) is 7.93. The highest BCUT2D eigenvalue weighted by molar-refractivity contribution is 7.14. The van der Waals surface area contributed by atoms with Crippen LogP contribution in [0.5, 0.6) is 5.88 Å². The molecule has 1 fully saturated rings. The molecule has 0 saturated carbocycles. The zero-order valence-electron chi connectivity index (χ0n) is 16.6. The molecule has 152 valence electrons. The third-order valence-electron chi connectivity index (χ3n) is 4.51. The van der Waals surface area contributed by atoms with Crippen LogP contribution in [0.3, 0.4) is 0 Å². The fourth-order valence-electron chi connectivity index (χ4n) is 3.07. The molecular formula is C20H29N5O2S. The number of rotatable bonds is 8. The molecule has 0 atom stereocenters. The molecule has 28 heavy (non-hydrogen) atoms. The normalized spacial score (nSPS) is 15.0. The lowest BCUT2D eigenvalue weighted by atomic mass is 10.2. The van der Waals surface area contributed by atoms with Crippen molar-refractivity contribution in [1.82, 2.24) is 15.2 Å². The van der Waals surface area contributed by atoms with Crippen LogP contribution >= 0.6 is 11.3 Å². The van der Waals surface area contributed by atoms with Crippen LogP contribution < -0.4 is 15.0 Å². The maximum atomic E-state index is 5.73. The van der Waals surface area contributed by atoms with Crippen molar-refractivity contribution >= 4 is 22.3 Å². The predicted molar refractivity (Wildman–Crippen MR) is 115 cm³/mol. The lowest BCUT2D eigenvalue weighted by Crippen LogP contribution is -2.52. The molecule has 1 saturated heterocycles. The van der Waals surface area contributed by atoms with Gasteiger partial charge in [0.05, 0.1) is 18.2 Å².